The number of nitrogens with two attached hydrogens (primary N) is 1. The van der Waals surface area contributed by atoms with Gasteiger partial charge in [0, 0.05) is 32.2 Å². The van der Waals surface area contributed by atoms with Crippen molar-refractivity contribution >= 4 is 5.97 Å². The van der Waals surface area contributed by atoms with Crippen LogP contribution in [0.15, 0.2) is 0 Å². The molecule has 0 amide bonds. The lowest BCUT2D eigenvalue weighted by molar-refractivity contribution is -0.147. The van der Waals surface area contributed by atoms with Gasteiger partial charge in [-0.15, -0.1) is 0 Å². The Bertz CT molecular complexity index is 286. The predicted molar refractivity (Wildman–Crippen MR) is 77.0 cm³/mol. The van der Waals surface area contributed by atoms with Gasteiger partial charge in [0.1, 0.15) is 5.54 Å². The summed E-state index contributed by atoms with van der Waals surface area (Å²) in [5, 5.41) is 0. The molecule has 5 heteroatoms. The fourth-order valence-corrected chi connectivity index (χ4v) is 2.80. The Morgan fingerprint density at radius 2 is 1.95 bits per heavy atom. The lowest BCUT2D eigenvalue weighted by Crippen LogP contribution is -2.54. The van der Waals surface area contributed by atoms with E-state index in [1.165, 1.54) is 20.1 Å². The lowest BCUT2D eigenvalue weighted by atomic mass is 9.94. The normalized spacial score (nSPS) is 22.8. The largest absolute Gasteiger partial charge is 0.468 e. The van der Waals surface area contributed by atoms with Crippen LogP contribution in [0.25, 0.3) is 0 Å². The third-order valence-electron chi connectivity index (χ3n) is 3.94. The van der Waals surface area contributed by atoms with Crippen LogP contribution >= 0.6 is 0 Å². The molecule has 0 bridgehead atoms. The minimum absolute atomic E-state index is 0.304. The topological polar surface area (TPSA) is 58.8 Å². The van der Waals surface area contributed by atoms with Crippen LogP contribution in [0.3, 0.4) is 0 Å². The summed E-state index contributed by atoms with van der Waals surface area (Å²) in [5.74, 6) is -0.330. The van der Waals surface area contributed by atoms with E-state index in [1.54, 1.807) is 6.92 Å². The van der Waals surface area contributed by atoms with Crippen LogP contribution in [0, 0.1) is 0 Å². The number of esters is 1. The zero-order chi connectivity index (χ0) is 14.5. The molecule has 2 unspecified atom stereocenters. The Morgan fingerprint density at radius 3 is 2.42 bits per heavy atom. The van der Waals surface area contributed by atoms with Crippen LogP contribution in [-0.2, 0) is 9.53 Å². The zero-order valence-electron chi connectivity index (χ0n) is 12.8. The molecule has 0 aliphatic carbocycles. The number of piperazine rings is 1. The van der Waals surface area contributed by atoms with Crippen molar-refractivity contribution in [2.45, 2.75) is 45.2 Å². The summed E-state index contributed by atoms with van der Waals surface area (Å²) in [6, 6.07) is 0.304. The van der Waals surface area contributed by atoms with Gasteiger partial charge in [-0.2, -0.15) is 0 Å². The van der Waals surface area contributed by atoms with Crippen molar-refractivity contribution in [3.63, 3.8) is 0 Å². The molecule has 0 aromatic carbocycles. The summed E-state index contributed by atoms with van der Waals surface area (Å²) in [4.78, 5) is 16.5. The highest BCUT2D eigenvalue weighted by atomic mass is 16.5. The molecule has 5 nitrogen and oxygen atoms in total. The second kappa shape index (κ2) is 7.22. The van der Waals surface area contributed by atoms with Crippen molar-refractivity contribution in [3.05, 3.63) is 0 Å². The number of nitrogens with zero attached hydrogens (tertiary/aromatic N) is 2. The van der Waals surface area contributed by atoms with Gasteiger partial charge in [0.25, 0.3) is 0 Å². The van der Waals surface area contributed by atoms with E-state index in [0.29, 0.717) is 12.5 Å². The third-order valence-corrected chi connectivity index (χ3v) is 3.94. The highest BCUT2D eigenvalue weighted by Crippen LogP contribution is 2.17. The summed E-state index contributed by atoms with van der Waals surface area (Å²) in [6.45, 7) is 11.6. The van der Waals surface area contributed by atoms with Crippen LogP contribution in [0.4, 0.5) is 0 Å². The maximum absolute atomic E-state index is 11.6. The van der Waals surface area contributed by atoms with Crippen LogP contribution < -0.4 is 5.73 Å². The number of rotatable bonds is 6. The highest BCUT2D eigenvalue weighted by Gasteiger charge is 2.33. The Labute approximate surface area is 117 Å². The first-order valence-corrected chi connectivity index (χ1v) is 7.24. The summed E-state index contributed by atoms with van der Waals surface area (Å²) in [7, 11) is 1.39. The van der Waals surface area contributed by atoms with Crippen LogP contribution in [0.5, 0.6) is 0 Å². The molecular formula is C14H29N3O2. The molecule has 0 aromatic heterocycles. The fraction of sp³-hybridized carbons (Fsp3) is 0.929. The Balaban J connectivity index is 2.43. The van der Waals surface area contributed by atoms with Gasteiger partial charge in [0.2, 0.25) is 0 Å². The van der Waals surface area contributed by atoms with Crippen LogP contribution in [0.2, 0.25) is 0 Å². The standard InChI is InChI=1S/C14H29N3O2/c1-5-6-16-7-9-17(10-8-16)12(2)11-14(3,15)13(18)19-4/h12H,5-11,15H2,1-4H3. The van der Waals surface area contributed by atoms with Crippen molar-refractivity contribution in [2.24, 2.45) is 5.73 Å². The Morgan fingerprint density at radius 1 is 1.37 bits per heavy atom. The number of methoxy groups -OCH3 is 1. The maximum Gasteiger partial charge on any atom is 0.325 e. The van der Waals surface area contributed by atoms with Gasteiger partial charge in [0.05, 0.1) is 7.11 Å². The summed E-state index contributed by atoms with van der Waals surface area (Å²) >= 11 is 0. The van der Waals surface area contributed by atoms with Crippen LogP contribution in [-0.4, -0.2) is 67.2 Å². The second-order valence-corrected chi connectivity index (χ2v) is 5.84. The van der Waals surface area contributed by atoms with Gasteiger partial charge in [-0.3, -0.25) is 9.69 Å². The number of hydrogen-bond donors (Lipinski definition) is 1. The minimum atomic E-state index is -0.894. The molecule has 1 saturated heterocycles. The van der Waals surface area contributed by atoms with Crippen molar-refractivity contribution in [2.75, 3.05) is 39.8 Å². The van der Waals surface area contributed by atoms with Crippen molar-refractivity contribution in [1.82, 2.24) is 9.80 Å². The van der Waals surface area contributed by atoms with E-state index >= 15 is 0 Å². The van der Waals surface area contributed by atoms with Gasteiger partial charge >= 0.3 is 5.97 Å². The van der Waals surface area contributed by atoms with Crippen molar-refractivity contribution in [1.29, 1.82) is 0 Å². The van der Waals surface area contributed by atoms with E-state index in [-0.39, 0.29) is 5.97 Å². The van der Waals surface area contributed by atoms with E-state index in [1.807, 2.05) is 0 Å². The Kier molecular flexibility index (Phi) is 6.23. The van der Waals surface area contributed by atoms with Gasteiger partial charge in [-0.05, 0) is 33.2 Å². The fourth-order valence-electron chi connectivity index (χ4n) is 2.80. The SMILES string of the molecule is CCCN1CCN(C(C)CC(C)(N)C(=O)OC)CC1. The van der Waals surface area contributed by atoms with E-state index in [4.69, 9.17) is 10.5 Å². The molecule has 1 aliphatic rings. The molecule has 112 valence electrons. The second-order valence-electron chi connectivity index (χ2n) is 5.84. The van der Waals surface area contributed by atoms with Gasteiger partial charge in [-0.25, -0.2) is 0 Å². The molecular weight excluding hydrogens is 242 g/mol. The van der Waals surface area contributed by atoms with E-state index < -0.39 is 5.54 Å². The number of hydrogen-bond acceptors (Lipinski definition) is 5. The predicted octanol–water partition coefficient (Wildman–Crippen LogP) is 0.683. The average molecular weight is 271 g/mol. The summed E-state index contributed by atoms with van der Waals surface area (Å²) < 4.78 is 4.76. The van der Waals surface area contributed by atoms with E-state index in [0.717, 1.165) is 26.2 Å². The van der Waals surface area contributed by atoms with Gasteiger partial charge < -0.3 is 15.4 Å². The quantitative estimate of drug-likeness (QED) is 0.720. The van der Waals surface area contributed by atoms with E-state index in [2.05, 4.69) is 23.6 Å². The van der Waals surface area contributed by atoms with E-state index in [9.17, 15) is 4.79 Å². The molecule has 1 rings (SSSR count). The number of ether oxygens (including phenoxy) is 1. The first kappa shape index (κ1) is 16.4. The molecule has 2 atom stereocenters. The molecule has 2 N–H and O–H groups in total. The maximum atomic E-state index is 11.6. The summed E-state index contributed by atoms with van der Waals surface area (Å²) in [5.41, 5.74) is 5.15. The molecule has 1 heterocycles. The Hall–Kier alpha value is -0.650. The number of carbonyl (C=O) groups excluding carboxylic acids is 1. The molecule has 1 aliphatic heterocycles. The molecule has 0 aromatic rings. The number of carbonyl (C=O) groups is 1. The van der Waals surface area contributed by atoms with Gasteiger partial charge in [0.15, 0.2) is 0 Å². The smallest absolute Gasteiger partial charge is 0.325 e. The molecule has 0 radical (unpaired) electrons. The van der Waals surface area contributed by atoms with Crippen molar-refractivity contribution < 1.29 is 9.53 Å². The van der Waals surface area contributed by atoms with Gasteiger partial charge in [-0.1, -0.05) is 6.92 Å². The molecule has 0 spiro atoms. The van der Waals surface area contributed by atoms with Crippen molar-refractivity contribution in [3.8, 4) is 0 Å². The minimum Gasteiger partial charge on any atom is -0.468 e. The summed E-state index contributed by atoms with van der Waals surface area (Å²) in [6.07, 6.45) is 1.84. The molecule has 1 fully saturated rings. The average Bonchev–Trinajstić information content (AvgIpc) is 2.38. The monoisotopic (exact) mass is 271 g/mol. The molecule has 0 saturated carbocycles. The van der Waals surface area contributed by atoms with Crippen LogP contribution in [0.1, 0.15) is 33.6 Å². The first-order chi connectivity index (χ1) is 8.90. The highest BCUT2D eigenvalue weighted by molar-refractivity contribution is 5.79. The lowest BCUT2D eigenvalue weighted by Gasteiger charge is -2.39. The zero-order valence-corrected chi connectivity index (χ0v) is 12.8. The first-order valence-electron chi connectivity index (χ1n) is 7.24. The molecule has 19 heavy (non-hydrogen) atoms. The third kappa shape index (κ3) is 4.75.